The van der Waals surface area contributed by atoms with Gasteiger partial charge < -0.3 is 5.32 Å². The number of halogens is 3. The average molecular weight is 298 g/mol. The van der Waals surface area contributed by atoms with E-state index in [2.05, 4.69) is 21.2 Å². The first-order chi connectivity index (χ1) is 7.41. The molecule has 1 aliphatic carbocycles. The second-order valence-corrected chi connectivity index (χ2v) is 4.79. The summed E-state index contributed by atoms with van der Waals surface area (Å²) in [5.74, 6) is -1.34. The maximum atomic E-state index is 12.1. The molecule has 16 heavy (non-hydrogen) atoms. The van der Waals surface area contributed by atoms with E-state index in [0.717, 1.165) is 6.42 Å². The number of rotatable bonds is 4. The summed E-state index contributed by atoms with van der Waals surface area (Å²) in [5.41, 5.74) is -0.714. The maximum absolute atomic E-state index is 12.1. The highest BCUT2D eigenvalue weighted by molar-refractivity contribution is 9.09. The number of carbonyl (C=O) groups excluding carboxylic acids is 2. The number of carbonyl (C=O) groups is 2. The van der Waals surface area contributed by atoms with Crippen molar-refractivity contribution in [1.29, 1.82) is 0 Å². The van der Waals surface area contributed by atoms with Gasteiger partial charge in [-0.25, -0.2) is 0 Å². The first kappa shape index (κ1) is 13.5. The number of hydrogen-bond donors (Lipinski definition) is 1. The van der Waals surface area contributed by atoms with Gasteiger partial charge in [0, 0.05) is 11.5 Å². The summed E-state index contributed by atoms with van der Waals surface area (Å²) in [7, 11) is 0. The Morgan fingerprint density at radius 1 is 1.56 bits per heavy atom. The monoisotopic (exact) mass is 297 g/mol. The lowest BCUT2D eigenvalue weighted by Gasteiger charge is -2.30. The van der Waals surface area contributed by atoms with E-state index in [-0.39, 0.29) is 11.1 Å². The highest BCUT2D eigenvalue weighted by atomic mass is 79.9. The number of ketones is 1. The fourth-order valence-corrected chi connectivity index (χ4v) is 2.76. The number of Topliss-reactive ketones (excluding diaryl/α,β-unsaturated/α-hetero) is 1. The maximum Gasteiger partial charge on any atom is 0.315 e. The molecular formula is C10H14BrF2NO2. The summed E-state index contributed by atoms with van der Waals surface area (Å²) in [6.45, 7) is 1.72. The molecule has 0 aliphatic heterocycles. The van der Waals surface area contributed by atoms with E-state index in [9.17, 15) is 18.4 Å². The van der Waals surface area contributed by atoms with E-state index in [4.69, 9.17) is 0 Å². The molecule has 0 bridgehead atoms. The van der Waals surface area contributed by atoms with Crippen molar-refractivity contribution in [3.05, 3.63) is 0 Å². The SMILES string of the molecule is CC1(C(=O)CBr)CCCC1NC(=O)C(F)F. The Morgan fingerprint density at radius 2 is 2.19 bits per heavy atom. The van der Waals surface area contributed by atoms with Gasteiger partial charge in [0.1, 0.15) is 0 Å². The molecule has 0 radical (unpaired) electrons. The van der Waals surface area contributed by atoms with Crippen LogP contribution in [0.1, 0.15) is 26.2 Å². The second kappa shape index (κ2) is 5.21. The Balaban J connectivity index is 2.72. The minimum absolute atomic E-state index is 0.0513. The van der Waals surface area contributed by atoms with Crippen LogP contribution in [0.25, 0.3) is 0 Å². The Bertz CT molecular complexity index is 299. The van der Waals surface area contributed by atoms with Crippen molar-refractivity contribution in [2.75, 3.05) is 5.33 Å². The summed E-state index contributed by atoms with van der Waals surface area (Å²) in [6.07, 6.45) is -1.05. The average Bonchev–Trinajstić information content (AvgIpc) is 2.60. The summed E-state index contributed by atoms with van der Waals surface area (Å²) in [4.78, 5) is 22.6. The third kappa shape index (κ3) is 2.59. The molecule has 1 saturated carbocycles. The largest absolute Gasteiger partial charge is 0.347 e. The van der Waals surface area contributed by atoms with Crippen LogP contribution in [-0.4, -0.2) is 29.5 Å². The van der Waals surface area contributed by atoms with Crippen molar-refractivity contribution < 1.29 is 18.4 Å². The lowest BCUT2D eigenvalue weighted by atomic mass is 9.81. The van der Waals surface area contributed by atoms with Crippen molar-refractivity contribution in [1.82, 2.24) is 5.32 Å². The van der Waals surface area contributed by atoms with Crippen LogP contribution in [0.5, 0.6) is 0 Å². The van der Waals surface area contributed by atoms with Crippen molar-refractivity contribution >= 4 is 27.6 Å². The topological polar surface area (TPSA) is 46.2 Å². The van der Waals surface area contributed by atoms with Crippen LogP contribution in [0.3, 0.4) is 0 Å². The predicted octanol–water partition coefficient (Wildman–Crippen LogP) is 1.89. The predicted molar refractivity (Wildman–Crippen MR) is 58.7 cm³/mol. The Labute approximate surface area is 101 Å². The molecule has 2 unspecified atom stereocenters. The van der Waals surface area contributed by atoms with E-state index >= 15 is 0 Å². The van der Waals surface area contributed by atoms with Crippen molar-refractivity contribution in [2.45, 2.75) is 38.7 Å². The van der Waals surface area contributed by atoms with Gasteiger partial charge in [-0.3, -0.25) is 9.59 Å². The van der Waals surface area contributed by atoms with Crippen LogP contribution in [0.2, 0.25) is 0 Å². The fourth-order valence-electron chi connectivity index (χ4n) is 2.12. The summed E-state index contributed by atoms with van der Waals surface area (Å²) < 4.78 is 24.2. The first-order valence-corrected chi connectivity index (χ1v) is 6.21. The third-order valence-electron chi connectivity index (χ3n) is 3.23. The lowest BCUT2D eigenvalue weighted by molar-refractivity contribution is -0.134. The molecule has 2 atom stereocenters. The van der Waals surface area contributed by atoms with Gasteiger partial charge in [-0.2, -0.15) is 8.78 Å². The molecule has 1 N–H and O–H groups in total. The molecule has 0 saturated heterocycles. The number of nitrogens with one attached hydrogen (secondary N) is 1. The third-order valence-corrected chi connectivity index (χ3v) is 3.74. The summed E-state index contributed by atoms with van der Waals surface area (Å²) >= 11 is 3.07. The van der Waals surface area contributed by atoms with Gasteiger partial charge in [0.25, 0.3) is 5.91 Å². The standard InChI is InChI=1S/C10H14BrF2NO2/c1-10(7(15)5-11)4-2-3-6(10)14-9(16)8(12)13/h6,8H,2-5H2,1H3,(H,14,16). The summed E-state index contributed by atoms with van der Waals surface area (Å²) in [5, 5.41) is 2.44. The number of alkyl halides is 3. The molecule has 1 rings (SSSR count). The smallest absolute Gasteiger partial charge is 0.315 e. The van der Waals surface area contributed by atoms with Gasteiger partial charge in [0.15, 0.2) is 5.78 Å². The lowest BCUT2D eigenvalue weighted by Crippen LogP contribution is -2.49. The van der Waals surface area contributed by atoms with E-state index < -0.39 is 23.8 Å². The van der Waals surface area contributed by atoms with Gasteiger partial charge >= 0.3 is 6.43 Å². The van der Waals surface area contributed by atoms with Crippen LogP contribution in [0, 0.1) is 5.41 Å². The number of hydrogen-bond acceptors (Lipinski definition) is 2. The van der Waals surface area contributed by atoms with Crippen LogP contribution >= 0.6 is 15.9 Å². The Kier molecular flexibility index (Phi) is 4.41. The first-order valence-electron chi connectivity index (χ1n) is 5.09. The zero-order valence-electron chi connectivity index (χ0n) is 8.93. The minimum atomic E-state index is -3.02. The normalized spacial score (nSPS) is 29.4. The van der Waals surface area contributed by atoms with Crippen molar-refractivity contribution in [3.63, 3.8) is 0 Å². The van der Waals surface area contributed by atoms with Crippen molar-refractivity contribution in [2.24, 2.45) is 5.41 Å². The zero-order chi connectivity index (χ0) is 12.3. The van der Waals surface area contributed by atoms with Crippen LogP contribution in [-0.2, 0) is 9.59 Å². The molecule has 0 heterocycles. The van der Waals surface area contributed by atoms with Crippen LogP contribution < -0.4 is 5.32 Å². The summed E-state index contributed by atoms with van der Waals surface area (Å²) in [6, 6.07) is -0.473. The molecule has 1 fully saturated rings. The molecule has 0 aromatic heterocycles. The molecule has 0 spiro atoms. The van der Waals surface area contributed by atoms with E-state index in [1.54, 1.807) is 6.92 Å². The Morgan fingerprint density at radius 3 is 2.69 bits per heavy atom. The van der Waals surface area contributed by atoms with Gasteiger partial charge in [-0.15, -0.1) is 0 Å². The molecule has 6 heteroatoms. The fraction of sp³-hybridized carbons (Fsp3) is 0.800. The van der Waals surface area contributed by atoms with Gasteiger partial charge in [0.05, 0.1) is 5.33 Å². The van der Waals surface area contributed by atoms with Crippen LogP contribution in [0.4, 0.5) is 8.78 Å². The van der Waals surface area contributed by atoms with E-state index in [1.165, 1.54) is 0 Å². The molecule has 0 aromatic rings. The highest BCUT2D eigenvalue weighted by Crippen LogP contribution is 2.39. The molecule has 92 valence electrons. The molecule has 3 nitrogen and oxygen atoms in total. The van der Waals surface area contributed by atoms with E-state index in [1.807, 2.05) is 0 Å². The zero-order valence-corrected chi connectivity index (χ0v) is 10.5. The molecule has 1 amide bonds. The molecule has 0 aromatic carbocycles. The van der Waals surface area contributed by atoms with Gasteiger partial charge in [-0.1, -0.05) is 29.3 Å². The van der Waals surface area contributed by atoms with Gasteiger partial charge in [-0.05, 0) is 12.8 Å². The minimum Gasteiger partial charge on any atom is -0.347 e. The van der Waals surface area contributed by atoms with Crippen molar-refractivity contribution in [3.8, 4) is 0 Å². The molecule has 1 aliphatic rings. The Hall–Kier alpha value is -0.520. The van der Waals surface area contributed by atoms with Crippen LogP contribution in [0.15, 0.2) is 0 Å². The highest BCUT2D eigenvalue weighted by Gasteiger charge is 2.45. The molecular weight excluding hydrogens is 284 g/mol. The van der Waals surface area contributed by atoms with E-state index in [0.29, 0.717) is 12.8 Å². The number of amides is 1. The quantitative estimate of drug-likeness (QED) is 0.806. The second-order valence-electron chi connectivity index (χ2n) is 4.23. The van der Waals surface area contributed by atoms with Gasteiger partial charge in [0.2, 0.25) is 0 Å².